The van der Waals surface area contributed by atoms with Gasteiger partial charge in [0.2, 0.25) is 0 Å². The fourth-order valence-electron chi connectivity index (χ4n) is 1.96. The van der Waals surface area contributed by atoms with E-state index in [1.54, 1.807) is 0 Å². The van der Waals surface area contributed by atoms with Gasteiger partial charge in [0.15, 0.2) is 0 Å². The van der Waals surface area contributed by atoms with Crippen molar-refractivity contribution in [3.8, 4) is 0 Å². The smallest absolute Gasteiger partial charge is 0.0318 e. The minimum Gasteiger partial charge on any atom is -0.127 e. The second-order valence-corrected chi connectivity index (χ2v) is 10.8. The Morgan fingerprint density at radius 1 is 0.722 bits per heavy atom. The van der Waals surface area contributed by atoms with Crippen LogP contribution in [0.2, 0.25) is 24.2 Å². The van der Waals surface area contributed by atoms with Crippen LogP contribution in [0.1, 0.15) is 25.7 Å². The van der Waals surface area contributed by atoms with E-state index >= 15 is 0 Å². The summed E-state index contributed by atoms with van der Waals surface area (Å²) in [4.78, 5) is 0. The molecule has 2 unspecified atom stereocenters. The molecule has 2 atom stereocenters. The standard InChI is InChI=1S/C12H26Cl4Si2/c13-5-3-11(15)9-17-7-1-2-8-18-10-12(16)4-6-14/h11-12H,1-10,17-18H2. The molecule has 0 amide bonds. The van der Waals surface area contributed by atoms with Crippen molar-refractivity contribution in [3.63, 3.8) is 0 Å². The molecule has 6 heteroatoms. The summed E-state index contributed by atoms with van der Waals surface area (Å²) in [5.41, 5.74) is 0. The average Bonchev–Trinajstić information content (AvgIpc) is 2.33. The normalized spacial score (nSPS) is 16.0. The molecule has 0 saturated carbocycles. The van der Waals surface area contributed by atoms with Gasteiger partial charge in [-0.15, -0.1) is 46.4 Å². The van der Waals surface area contributed by atoms with Gasteiger partial charge in [-0.25, -0.2) is 0 Å². The number of unbranched alkanes of at least 4 members (excludes halogenated alkanes) is 1. The van der Waals surface area contributed by atoms with Crippen LogP contribution in [-0.4, -0.2) is 41.6 Å². The van der Waals surface area contributed by atoms with Crippen LogP contribution in [0.15, 0.2) is 0 Å². The van der Waals surface area contributed by atoms with E-state index in [2.05, 4.69) is 0 Å². The first kappa shape index (κ1) is 19.6. The molecule has 0 spiro atoms. The summed E-state index contributed by atoms with van der Waals surface area (Å²) in [7, 11) is 0.134. The van der Waals surface area contributed by atoms with E-state index in [0.29, 0.717) is 22.5 Å². The molecule has 0 fully saturated rings. The third-order valence-corrected chi connectivity index (χ3v) is 9.38. The molecule has 0 saturated heterocycles. The Morgan fingerprint density at radius 3 is 1.44 bits per heavy atom. The third-order valence-electron chi connectivity index (χ3n) is 3.13. The van der Waals surface area contributed by atoms with Crippen LogP contribution in [0.3, 0.4) is 0 Å². The van der Waals surface area contributed by atoms with Gasteiger partial charge in [0.1, 0.15) is 0 Å². The molecule has 0 aromatic rings. The molecule has 0 heterocycles. The van der Waals surface area contributed by atoms with E-state index in [1.165, 1.54) is 37.0 Å². The molecule has 0 aromatic heterocycles. The summed E-state index contributed by atoms with van der Waals surface area (Å²) in [6, 6.07) is 5.41. The first-order valence-electron chi connectivity index (χ1n) is 7.10. The van der Waals surface area contributed by atoms with Gasteiger partial charge in [-0.3, -0.25) is 0 Å². The molecule has 0 radical (unpaired) electrons. The van der Waals surface area contributed by atoms with E-state index in [9.17, 15) is 0 Å². The van der Waals surface area contributed by atoms with Gasteiger partial charge in [-0.05, 0) is 24.9 Å². The fraction of sp³-hybridized carbons (Fsp3) is 1.00. The summed E-state index contributed by atoms with van der Waals surface area (Å²) in [6.45, 7) is 0. The van der Waals surface area contributed by atoms with E-state index in [4.69, 9.17) is 46.4 Å². The van der Waals surface area contributed by atoms with Crippen molar-refractivity contribution in [2.45, 2.75) is 60.6 Å². The number of rotatable bonds is 13. The Morgan fingerprint density at radius 2 is 1.11 bits per heavy atom. The molecular weight excluding hydrogens is 342 g/mol. The topological polar surface area (TPSA) is 0 Å². The lowest BCUT2D eigenvalue weighted by atomic mass is 10.4. The number of alkyl halides is 4. The second kappa shape index (κ2) is 15.0. The molecule has 0 aliphatic carbocycles. The fourth-order valence-corrected chi connectivity index (χ4v) is 7.31. The Balaban J connectivity index is 3.11. The van der Waals surface area contributed by atoms with Crippen molar-refractivity contribution in [1.29, 1.82) is 0 Å². The highest BCUT2D eigenvalue weighted by Crippen LogP contribution is 2.13. The van der Waals surface area contributed by atoms with Crippen molar-refractivity contribution < 1.29 is 0 Å². The monoisotopic (exact) mass is 366 g/mol. The molecule has 0 nitrogen and oxygen atoms in total. The third kappa shape index (κ3) is 14.0. The minimum absolute atomic E-state index is 0.0669. The van der Waals surface area contributed by atoms with Gasteiger partial charge in [-0.1, -0.05) is 24.9 Å². The lowest BCUT2D eigenvalue weighted by molar-refractivity contribution is 0.845. The number of hydrogen-bond donors (Lipinski definition) is 0. The summed E-state index contributed by atoms with van der Waals surface area (Å²) in [5, 5.41) is 0.687. The lowest BCUT2D eigenvalue weighted by Crippen LogP contribution is -2.05. The highest BCUT2D eigenvalue weighted by Gasteiger charge is 2.04. The van der Waals surface area contributed by atoms with Crippen molar-refractivity contribution in [2.75, 3.05) is 11.8 Å². The molecule has 0 rings (SSSR count). The maximum absolute atomic E-state index is 6.14. The minimum atomic E-state index is 0.0669. The maximum atomic E-state index is 6.14. The Hall–Kier alpha value is 1.59. The van der Waals surface area contributed by atoms with E-state index in [-0.39, 0.29) is 19.0 Å². The highest BCUT2D eigenvalue weighted by atomic mass is 35.5. The SMILES string of the molecule is ClCCC(Cl)C[SiH2]CCCC[SiH2]CC(Cl)CCCl. The molecule has 0 bridgehead atoms. The summed E-state index contributed by atoms with van der Waals surface area (Å²) >= 11 is 23.6. The molecular formula is C12H26Cl4Si2. The molecule has 110 valence electrons. The first-order valence-corrected chi connectivity index (χ1v) is 13.0. The molecule has 0 aliphatic heterocycles. The molecule has 0 N–H and O–H groups in total. The largest absolute Gasteiger partial charge is 0.127 e. The van der Waals surface area contributed by atoms with Crippen LogP contribution in [-0.2, 0) is 0 Å². The molecule has 0 aromatic carbocycles. The zero-order chi connectivity index (χ0) is 13.6. The van der Waals surface area contributed by atoms with Crippen LogP contribution in [0.5, 0.6) is 0 Å². The Kier molecular flexibility index (Phi) is 16.3. The summed E-state index contributed by atoms with van der Waals surface area (Å²) in [6.07, 6.45) is 4.76. The van der Waals surface area contributed by atoms with Gasteiger partial charge < -0.3 is 0 Å². The highest BCUT2D eigenvalue weighted by molar-refractivity contribution is 6.39. The number of halogens is 4. The van der Waals surface area contributed by atoms with Gasteiger partial charge in [-0.2, -0.15) is 0 Å². The average molecular weight is 368 g/mol. The van der Waals surface area contributed by atoms with Crippen molar-refractivity contribution in [1.82, 2.24) is 0 Å². The first-order chi connectivity index (χ1) is 8.70. The predicted octanol–water partition coefficient (Wildman–Crippen LogP) is 4.25. The van der Waals surface area contributed by atoms with Gasteiger partial charge in [0.25, 0.3) is 0 Å². The predicted molar refractivity (Wildman–Crippen MR) is 95.5 cm³/mol. The van der Waals surface area contributed by atoms with Crippen LogP contribution >= 0.6 is 46.4 Å². The van der Waals surface area contributed by atoms with E-state index < -0.39 is 0 Å². The van der Waals surface area contributed by atoms with Gasteiger partial charge in [0.05, 0.1) is 0 Å². The zero-order valence-electron chi connectivity index (χ0n) is 11.2. The van der Waals surface area contributed by atoms with Crippen LogP contribution in [0.4, 0.5) is 0 Å². The zero-order valence-corrected chi connectivity index (χ0v) is 17.0. The van der Waals surface area contributed by atoms with Gasteiger partial charge >= 0.3 is 0 Å². The van der Waals surface area contributed by atoms with Crippen LogP contribution in [0.25, 0.3) is 0 Å². The summed E-state index contributed by atoms with van der Waals surface area (Å²) in [5.74, 6) is 1.41. The van der Waals surface area contributed by atoms with Crippen LogP contribution in [0, 0.1) is 0 Å². The quantitative estimate of drug-likeness (QED) is 0.259. The Labute approximate surface area is 137 Å². The Bertz CT molecular complexity index is 154. The number of hydrogen-bond acceptors (Lipinski definition) is 0. The summed E-state index contributed by atoms with van der Waals surface area (Å²) < 4.78 is 0. The van der Waals surface area contributed by atoms with Crippen LogP contribution < -0.4 is 0 Å². The van der Waals surface area contributed by atoms with Crippen molar-refractivity contribution in [2.24, 2.45) is 0 Å². The van der Waals surface area contributed by atoms with E-state index in [1.807, 2.05) is 0 Å². The second-order valence-electron chi connectivity index (χ2n) is 4.85. The molecule has 18 heavy (non-hydrogen) atoms. The van der Waals surface area contributed by atoms with Crippen molar-refractivity contribution in [3.05, 3.63) is 0 Å². The van der Waals surface area contributed by atoms with E-state index in [0.717, 1.165) is 12.8 Å². The molecule has 0 aliphatic rings. The lowest BCUT2D eigenvalue weighted by Gasteiger charge is -2.07. The van der Waals surface area contributed by atoms with Crippen molar-refractivity contribution >= 4 is 65.4 Å². The maximum Gasteiger partial charge on any atom is 0.0318 e. The van der Waals surface area contributed by atoms with Gasteiger partial charge in [0, 0.05) is 41.6 Å².